The molecule has 2 N–H and O–H groups in total. The number of aromatic nitrogens is 1. The third-order valence-electron chi connectivity index (χ3n) is 3.37. The molecule has 0 radical (unpaired) electrons. The second kappa shape index (κ2) is 5.97. The van der Waals surface area contributed by atoms with Crippen LogP contribution in [-0.2, 0) is 4.74 Å². The molecule has 0 spiro atoms. The molecule has 2 unspecified atom stereocenters. The van der Waals surface area contributed by atoms with Crippen LogP contribution < -0.4 is 10.6 Å². The topological polar surface area (TPSA) is 63.2 Å². The monoisotopic (exact) mass is 267 g/mol. The highest BCUT2D eigenvalue weighted by Gasteiger charge is 2.24. The number of nitrogens with one attached hydrogen (secondary N) is 2. The van der Waals surface area contributed by atoms with Gasteiger partial charge < -0.3 is 15.4 Å². The van der Waals surface area contributed by atoms with E-state index >= 15 is 0 Å². The van der Waals surface area contributed by atoms with Crippen LogP contribution in [0.25, 0.3) is 0 Å². The van der Waals surface area contributed by atoms with Crippen molar-refractivity contribution in [3.63, 3.8) is 0 Å². The molecule has 1 saturated heterocycles. The van der Waals surface area contributed by atoms with E-state index in [4.69, 9.17) is 4.74 Å². The molecule has 6 heteroatoms. The van der Waals surface area contributed by atoms with Gasteiger partial charge in [0.05, 0.1) is 18.4 Å². The summed E-state index contributed by atoms with van der Waals surface area (Å²) >= 11 is 0. The van der Waals surface area contributed by atoms with E-state index in [1.54, 1.807) is 7.05 Å². The average Bonchev–Trinajstić information content (AvgIpc) is 2.92. The van der Waals surface area contributed by atoms with Crippen molar-refractivity contribution < 1.29 is 13.9 Å². The maximum absolute atomic E-state index is 13.2. The van der Waals surface area contributed by atoms with Crippen LogP contribution >= 0.6 is 0 Å². The lowest BCUT2D eigenvalue weighted by Crippen LogP contribution is -2.38. The molecule has 1 aliphatic heterocycles. The first-order chi connectivity index (χ1) is 9.11. The highest BCUT2D eigenvalue weighted by molar-refractivity contribution is 5.98. The molecule has 1 fully saturated rings. The molecule has 19 heavy (non-hydrogen) atoms. The summed E-state index contributed by atoms with van der Waals surface area (Å²) < 4.78 is 18.5. The summed E-state index contributed by atoms with van der Waals surface area (Å²) in [5.74, 6) is -0.172. The van der Waals surface area contributed by atoms with Gasteiger partial charge in [0, 0.05) is 25.6 Å². The SMILES string of the molecule is CNc1ncc(F)cc1C(=O)NC(C)C1CCOC1. The van der Waals surface area contributed by atoms with Gasteiger partial charge in [-0.25, -0.2) is 9.37 Å². The highest BCUT2D eigenvalue weighted by atomic mass is 19.1. The molecule has 1 amide bonds. The van der Waals surface area contributed by atoms with Gasteiger partial charge in [-0.3, -0.25) is 4.79 Å². The van der Waals surface area contributed by atoms with Gasteiger partial charge in [-0.2, -0.15) is 0 Å². The molecule has 1 aromatic rings. The molecule has 0 bridgehead atoms. The molecule has 1 aliphatic rings. The largest absolute Gasteiger partial charge is 0.381 e. The van der Waals surface area contributed by atoms with Gasteiger partial charge in [0.1, 0.15) is 11.6 Å². The van der Waals surface area contributed by atoms with Crippen molar-refractivity contribution in [2.45, 2.75) is 19.4 Å². The van der Waals surface area contributed by atoms with Gasteiger partial charge in [-0.1, -0.05) is 0 Å². The Kier molecular flexibility index (Phi) is 4.31. The van der Waals surface area contributed by atoms with Crippen molar-refractivity contribution in [1.29, 1.82) is 0 Å². The molecular formula is C13H18FN3O2. The van der Waals surface area contributed by atoms with Crippen LogP contribution in [0.2, 0.25) is 0 Å². The fraction of sp³-hybridized carbons (Fsp3) is 0.538. The van der Waals surface area contributed by atoms with Gasteiger partial charge in [-0.05, 0) is 19.4 Å². The van der Waals surface area contributed by atoms with E-state index in [0.717, 1.165) is 19.2 Å². The first kappa shape index (κ1) is 13.7. The fourth-order valence-corrected chi connectivity index (χ4v) is 2.16. The molecule has 5 nitrogen and oxygen atoms in total. The van der Waals surface area contributed by atoms with Crippen LogP contribution in [0.3, 0.4) is 0 Å². The fourth-order valence-electron chi connectivity index (χ4n) is 2.16. The van der Waals surface area contributed by atoms with Gasteiger partial charge in [0.25, 0.3) is 5.91 Å². The Morgan fingerprint density at radius 2 is 2.42 bits per heavy atom. The lowest BCUT2D eigenvalue weighted by atomic mass is 10.0. The van der Waals surface area contributed by atoms with E-state index in [9.17, 15) is 9.18 Å². The summed E-state index contributed by atoms with van der Waals surface area (Å²) in [5, 5.41) is 5.66. The number of nitrogens with zero attached hydrogens (tertiary/aromatic N) is 1. The summed E-state index contributed by atoms with van der Waals surface area (Å²) in [6.07, 6.45) is 2.01. The second-order valence-electron chi connectivity index (χ2n) is 4.69. The van der Waals surface area contributed by atoms with E-state index in [2.05, 4.69) is 15.6 Å². The summed E-state index contributed by atoms with van der Waals surface area (Å²) in [5.41, 5.74) is 0.216. The van der Waals surface area contributed by atoms with Crippen molar-refractivity contribution in [1.82, 2.24) is 10.3 Å². The Bertz CT molecular complexity index is 461. The molecule has 2 heterocycles. The highest BCUT2D eigenvalue weighted by Crippen LogP contribution is 2.18. The number of carbonyl (C=O) groups excluding carboxylic acids is 1. The number of halogens is 1. The molecule has 1 aromatic heterocycles. The van der Waals surface area contributed by atoms with Crippen molar-refractivity contribution in [2.24, 2.45) is 5.92 Å². The summed E-state index contributed by atoms with van der Waals surface area (Å²) in [7, 11) is 1.64. The summed E-state index contributed by atoms with van der Waals surface area (Å²) in [6, 6.07) is 1.18. The molecule has 0 saturated carbocycles. The number of carbonyl (C=O) groups is 1. The van der Waals surface area contributed by atoms with E-state index in [-0.39, 0.29) is 17.5 Å². The lowest BCUT2D eigenvalue weighted by molar-refractivity contribution is 0.0922. The van der Waals surface area contributed by atoms with Gasteiger partial charge >= 0.3 is 0 Å². The van der Waals surface area contributed by atoms with Crippen LogP contribution in [0.1, 0.15) is 23.7 Å². The molecule has 2 rings (SSSR count). The minimum absolute atomic E-state index is 0.0111. The first-order valence-corrected chi connectivity index (χ1v) is 6.33. The summed E-state index contributed by atoms with van der Waals surface area (Å²) in [6.45, 7) is 3.32. The predicted octanol–water partition coefficient (Wildman–Crippen LogP) is 1.42. The third-order valence-corrected chi connectivity index (χ3v) is 3.37. The van der Waals surface area contributed by atoms with E-state index in [1.165, 1.54) is 6.07 Å². The molecular weight excluding hydrogens is 249 g/mol. The van der Waals surface area contributed by atoms with Crippen molar-refractivity contribution in [3.05, 3.63) is 23.6 Å². The number of amides is 1. The van der Waals surface area contributed by atoms with Crippen LogP contribution in [0.4, 0.5) is 10.2 Å². The van der Waals surface area contributed by atoms with E-state index < -0.39 is 5.82 Å². The third kappa shape index (κ3) is 3.20. The Morgan fingerprint density at radius 3 is 3.05 bits per heavy atom. The first-order valence-electron chi connectivity index (χ1n) is 6.33. The normalized spacial score (nSPS) is 20.1. The molecule has 2 atom stereocenters. The Labute approximate surface area is 111 Å². The van der Waals surface area contributed by atoms with Crippen molar-refractivity contribution in [2.75, 3.05) is 25.6 Å². The number of pyridine rings is 1. The zero-order valence-electron chi connectivity index (χ0n) is 11.1. The number of hydrogen-bond donors (Lipinski definition) is 2. The van der Waals surface area contributed by atoms with Crippen LogP contribution in [0, 0.1) is 11.7 Å². The quantitative estimate of drug-likeness (QED) is 0.866. The zero-order valence-corrected chi connectivity index (χ0v) is 11.1. The molecule has 104 valence electrons. The van der Waals surface area contributed by atoms with Crippen LogP contribution in [0.15, 0.2) is 12.3 Å². The number of ether oxygens (including phenoxy) is 1. The number of rotatable bonds is 4. The summed E-state index contributed by atoms with van der Waals surface area (Å²) in [4.78, 5) is 16.0. The second-order valence-corrected chi connectivity index (χ2v) is 4.69. The number of anilines is 1. The standard InChI is InChI=1S/C13H18FN3O2/c1-8(9-3-4-19-7-9)17-13(18)11-5-10(14)6-16-12(11)15-2/h5-6,8-9H,3-4,7H2,1-2H3,(H,15,16)(H,17,18). The Morgan fingerprint density at radius 1 is 1.63 bits per heavy atom. The van der Waals surface area contributed by atoms with E-state index in [0.29, 0.717) is 18.3 Å². The lowest BCUT2D eigenvalue weighted by Gasteiger charge is -2.19. The molecule has 0 aromatic carbocycles. The van der Waals surface area contributed by atoms with Crippen LogP contribution in [-0.4, -0.2) is 37.2 Å². The maximum atomic E-state index is 13.2. The van der Waals surface area contributed by atoms with E-state index in [1.807, 2.05) is 6.92 Å². The number of hydrogen-bond acceptors (Lipinski definition) is 4. The minimum atomic E-state index is -0.527. The predicted molar refractivity (Wildman–Crippen MR) is 69.6 cm³/mol. The van der Waals surface area contributed by atoms with Gasteiger partial charge in [0.2, 0.25) is 0 Å². The zero-order chi connectivity index (χ0) is 13.8. The van der Waals surface area contributed by atoms with Gasteiger partial charge in [-0.15, -0.1) is 0 Å². The molecule has 0 aliphatic carbocycles. The Balaban J connectivity index is 2.08. The van der Waals surface area contributed by atoms with Crippen molar-refractivity contribution >= 4 is 11.7 Å². The van der Waals surface area contributed by atoms with Crippen LogP contribution in [0.5, 0.6) is 0 Å². The minimum Gasteiger partial charge on any atom is -0.381 e. The average molecular weight is 267 g/mol. The van der Waals surface area contributed by atoms with Crippen molar-refractivity contribution in [3.8, 4) is 0 Å². The Hall–Kier alpha value is -1.69. The maximum Gasteiger partial charge on any atom is 0.255 e. The smallest absolute Gasteiger partial charge is 0.255 e. The van der Waals surface area contributed by atoms with Gasteiger partial charge in [0.15, 0.2) is 0 Å².